The number of aromatic nitrogens is 2. The molecule has 2 aliphatic rings. The summed E-state index contributed by atoms with van der Waals surface area (Å²) in [4.78, 5) is 25.6. The fourth-order valence-corrected chi connectivity index (χ4v) is 4.07. The Morgan fingerprint density at radius 3 is 2.74 bits per heavy atom. The Morgan fingerprint density at radius 2 is 2.04 bits per heavy atom. The second kappa shape index (κ2) is 9.46. The Hall–Kier alpha value is -1.73. The third-order valence-corrected chi connectivity index (χ3v) is 5.45. The fraction of sp³-hybridized carbons (Fsp3) is 0.750. The van der Waals surface area contributed by atoms with Gasteiger partial charge in [0.1, 0.15) is 11.6 Å². The van der Waals surface area contributed by atoms with E-state index in [1.165, 1.54) is 0 Å². The van der Waals surface area contributed by atoms with Gasteiger partial charge in [-0.3, -0.25) is 4.79 Å². The van der Waals surface area contributed by atoms with Crippen molar-refractivity contribution in [2.45, 2.75) is 58.0 Å². The van der Waals surface area contributed by atoms with Crippen LogP contribution in [0.3, 0.4) is 0 Å². The predicted molar refractivity (Wildman–Crippen MR) is 106 cm³/mol. The molecule has 0 saturated carbocycles. The monoisotopic (exact) mass is 375 g/mol. The summed E-state index contributed by atoms with van der Waals surface area (Å²) in [6, 6.07) is 2.89. The van der Waals surface area contributed by atoms with Gasteiger partial charge < -0.3 is 19.9 Å². The van der Waals surface area contributed by atoms with Crippen molar-refractivity contribution < 1.29 is 9.53 Å². The largest absolute Gasteiger partial charge is 0.383 e. The average molecular weight is 376 g/mol. The van der Waals surface area contributed by atoms with Gasteiger partial charge in [0, 0.05) is 63.6 Å². The van der Waals surface area contributed by atoms with Crippen LogP contribution >= 0.6 is 0 Å². The summed E-state index contributed by atoms with van der Waals surface area (Å²) in [7, 11) is 1.68. The van der Waals surface area contributed by atoms with E-state index < -0.39 is 0 Å². The first-order valence-corrected chi connectivity index (χ1v) is 10.2. The minimum Gasteiger partial charge on any atom is -0.383 e. The molecule has 0 unspecified atom stereocenters. The highest BCUT2D eigenvalue weighted by atomic mass is 16.5. The Labute approximate surface area is 162 Å². The van der Waals surface area contributed by atoms with Crippen LogP contribution < -0.4 is 10.2 Å². The van der Waals surface area contributed by atoms with Crippen molar-refractivity contribution in [3.05, 3.63) is 17.6 Å². The van der Waals surface area contributed by atoms with Gasteiger partial charge in [-0.1, -0.05) is 13.3 Å². The van der Waals surface area contributed by atoms with Crippen LogP contribution in [0.2, 0.25) is 0 Å². The Kier molecular flexibility index (Phi) is 7.01. The molecule has 2 fully saturated rings. The quantitative estimate of drug-likeness (QED) is 0.743. The Bertz CT molecular complexity index is 631. The second-order valence-electron chi connectivity index (χ2n) is 7.68. The number of anilines is 1. The van der Waals surface area contributed by atoms with Crippen molar-refractivity contribution in [2.24, 2.45) is 0 Å². The third-order valence-electron chi connectivity index (χ3n) is 5.45. The summed E-state index contributed by atoms with van der Waals surface area (Å²) in [6.45, 7) is 8.24. The van der Waals surface area contributed by atoms with E-state index in [2.05, 4.69) is 33.2 Å². The molecule has 1 aromatic heterocycles. The summed E-state index contributed by atoms with van der Waals surface area (Å²) in [5, 5.41) is 3.71. The lowest BCUT2D eigenvalue weighted by Crippen LogP contribution is -2.47. The van der Waals surface area contributed by atoms with Crippen molar-refractivity contribution in [2.75, 3.05) is 44.8 Å². The van der Waals surface area contributed by atoms with Crippen LogP contribution in [0.5, 0.6) is 0 Å². The average Bonchev–Trinajstić information content (AvgIpc) is 2.99. The van der Waals surface area contributed by atoms with E-state index in [1.54, 1.807) is 7.11 Å². The number of hydrogen-bond acceptors (Lipinski definition) is 6. The van der Waals surface area contributed by atoms with Gasteiger partial charge in [0.25, 0.3) is 0 Å². The highest BCUT2D eigenvalue weighted by Crippen LogP contribution is 2.21. The second-order valence-corrected chi connectivity index (χ2v) is 7.68. The number of methoxy groups -OCH3 is 1. The highest BCUT2D eigenvalue weighted by Gasteiger charge is 2.31. The van der Waals surface area contributed by atoms with Crippen LogP contribution in [0, 0.1) is 6.92 Å². The molecular weight excluding hydrogens is 342 g/mol. The van der Waals surface area contributed by atoms with E-state index in [0.29, 0.717) is 25.6 Å². The maximum absolute atomic E-state index is 12.1. The minimum absolute atomic E-state index is 0.238. The zero-order chi connectivity index (χ0) is 19.2. The van der Waals surface area contributed by atoms with Crippen LogP contribution in [0.1, 0.15) is 44.1 Å². The standard InChI is InChI=1S/C20H33N5O2/c1-4-5-17-12-19(22-15(2)21-17)24-8-6-16(7-9-24)23-18-13-20(26)25(14-18)10-11-27-3/h12,16,18,23H,4-11,13-14H2,1-3H3/t18-/m1/s1. The van der Waals surface area contributed by atoms with E-state index in [4.69, 9.17) is 4.74 Å². The van der Waals surface area contributed by atoms with Crippen LogP contribution in [0.15, 0.2) is 6.07 Å². The smallest absolute Gasteiger partial charge is 0.224 e. The molecule has 0 aliphatic carbocycles. The van der Waals surface area contributed by atoms with E-state index in [0.717, 1.165) is 62.7 Å². The molecule has 7 heteroatoms. The number of nitrogens with one attached hydrogen (secondary N) is 1. The summed E-state index contributed by atoms with van der Waals surface area (Å²) >= 11 is 0. The molecule has 0 radical (unpaired) electrons. The third kappa shape index (κ3) is 5.39. The number of carbonyl (C=O) groups is 1. The lowest BCUT2D eigenvalue weighted by molar-refractivity contribution is -0.128. The molecule has 0 spiro atoms. The van der Waals surface area contributed by atoms with E-state index in [1.807, 2.05) is 11.8 Å². The summed E-state index contributed by atoms with van der Waals surface area (Å²) < 4.78 is 5.09. The molecule has 2 saturated heterocycles. The van der Waals surface area contributed by atoms with Gasteiger partial charge in [-0.2, -0.15) is 0 Å². The van der Waals surface area contributed by atoms with Crippen molar-refractivity contribution in [3.63, 3.8) is 0 Å². The number of carbonyl (C=O) groups excluding carboxylic acids is 1. The molecular formula is C20H33N5O2. The molecule has 3 rings (SSSR count). The molecule has 27 heavy (non-hydrogen) atoms. The molecule has 0 aromatic carbocycles. The zero-order valence-electron chi connectivity index (χ0n) is 16.9. The SMILES string of the molecule is CCCc1cc(N2CCC(N[C@@H]3CC(=O)N(CCOC)C3)CC2)nc(C)n1. The number of rotatable bonds is 8. The number of ether oxygens (including phenoxy) is 1. The molecule has 1 N–H and O–H groups in total. The van der Waals surface area contributed by atoms with Gasteiger partial charge in [-0.05, 0) is 26.2 Å². The maximum Gasteiger partial charge on any atom is 0.224 e. The van der Waals surface area contributed by atoms with Crippen molar-refractivity contribution in [1.29, 1.82) is 0 Å². The first-order valence-electron chi connectivity index (χ1n) is 10.2. The number of piperidine rings is 1. The van der Waals surface area contributed by atoms with Crippen LogP contribution in [-0.2, 0) is 16.0 Å². The topological polar surface area (TPSA) is 70.6 Å². The molecule has 3 heterocycles. The van der Waals surface area contributed by atoms with Gasteiger partial charge in [0.2, 0.25) is 5.91 Å². The van der Waals surface area contributed by atoms with Crippen molar-refractivity contribution in [3.8, 4) is 0 Å². The molecule has 7 nitrogen and oxygen atoms in total. The summed E-state index contributed by atoms with van der Waals surface area (Å²) in [5.41, 5.74) is 1.14. The predicted octanol–water partition coefficient (Wildman–Crippen LogP) is 1.54. The Morgan fingerprint density at radius 1 is 1.26 bits per heavy atom. The summed E-state index contributed by atoms with van der Waals surface area (Å²) in [5.74, 6) is 2.16. The minimum atomic E-state index is 0.238. The van der Waals surface area contributed by atoms with Crippen molar-refractivity contribution >= 4 is 11.7 Å². The normalized spacial score (nSPS) is 21.3. The number of likely N-dealkylation sites (tertiary alicyclic amines) is 1. The number of amides is 1. The van der Waals surface area contributed by atoms with Crippen LogP contribution in [0.25, 0.3) is 0 Å². The van der Waals surface area contributed by atoms with Gasteiger partial charge in [0.15, 0.2) is 0 Å². The molecule has 2 aliphatic heterocycles. The first kappa shape index (κ1) is 20.0. The van der Waals surface area contributed by atoms with Crippen LogP contribution in [0.4, 0.5) is 5.82 Å². The molecule has 150 valence electrons. The molecule has 0 bridgehead atoms. The number of hydrogen-bond donors (Lipinski definition) is 1. The van der Waals surface area contributed by atoms with E-state index in [-0.39, 0.29) is 11.9 Å². The lowest BCUT2D eigenvalue weighted by Gasteiger charge is -2.34. The van der Waals surface area contributed by atoms with Gasteiger partial charge in [0.05, 0.1) is 6.61 Å². The first-order chi connectivity index (χ1) is 13.1. The summed E-state index contributed by atoms with van der Waals surface area (Å²) in [6.07, 6.45) is 4.87. The fourth-order valence-electron chi connectivity index (χ4n) is 4.07. The number of nitrogens with zero attached hydrogens (tertiary/aromatic N) is 4. The van der Waals surface area contributed by atoms with Gasteiger partial charge in [-0.15, -0.1) is 0 Å². The van der Waals surface area contributed by atoms with Gasteiger partial charge >= 0.3 is 0 Å². The maximum atomic E-state index is 12.1. The van der Waals surface area contributed by atoms with Gasteiger partial charge in [-0.25, -0.2) is 9.97 Å². The highest BCUT2D eigenvalue weighted by molar-refractivity contribution is 5.79. The lowest BCUT2D eigenvalue weighted by atomic mass is 10.0. The zero-order valence-corrected chi connectivity index (χ0v) is 16.9. The van der Waals surface area contributed by atoms with Crippen LogP contribution in [-0.4, -0.2) is 72.8 Å². The Balaban J connectivity index is 1.49. The number of aryl methyl sites for hydroxylation is 2. The van der Waals surface area contributed by atoms with Crippen molar-refractivity contribution in [1.82, 2.24) is 20.2 Å². The molecule has 1 atom stereocenters. The van der Waals surface area contributed by atoms with E-state index in [9.17, 15) is 4.79 Å². The van der Waals surface area contributed by atoms with E-state index >= 15 is 0 Å². The molecule has 1 amide bonds. The molecule has 1 aromatic rings.